The van der Waals surface area contributed by atoms with E-state index in [0.29, 0.717) is 17.7 Å². The van der Waals surface area contributed by atoms with E-state index in [2.05, 4.69) is 20.7 Å². The third kappa shape index (κ3) is 4.29. The normalized spacial score (nSPS) is 18.5. The second-order valence-corrected chi connectivity index (χ2v) is 7.98. The van der Waals surface area contributed by atoms with Gasteiger partial charge in [0.25, 0.3) is 0 Å². The fraction of sp³-hybridized carbons (Fsp3) is 0.571. The SMILES string of the molecule is COc1ccc(C(NC(=O)Nc2cn(C)nc2C2CCCCC2)C2CC2)cn1. The van der Waals surface area contributed by atoms with E-state index in [4.69, 9.17) is 4.74 Å². The first kappa shape index (κ1) is 18.8. The molecule has 2 amide bonds. The van der Waals surface area contributed by atoms with Crippen molar-refractivity contribution in [1.29, 1.82) is 0 Å². The fourth-order valence-electron chi connectivity index (χ4n) is 4.18. The Hall–Kier alpha value is -2.57. The van der Waals surface area contributed by atoms with Gasteiger partial charge in [-0.25, -0.2) is 9.78 Å². The summed E-state index contributed by atoms with van der Waals surface area (Å²) in [5, 5.41) is 10.8. The van der Waals surface area contributed by atoms with Gasteiger partial charge in [0.2, 0.25) is 5.88 Å². The van der Waals surface area contributed by atoms with Crippen LogP contribution in [0.25, 0.3) is 0 Å². The van der Waals surface area contributed by atoms with Gasteiger partial charge in [0.05, 0.1) is 24.5 Å². The van der Waals surface area contributed by atoms with Gasteiger partial charge in [-0.15, -0.1) is 0 Å². The third-order valence-electron chi connectivity index (χ3n) is 5.80. The summed E-state index contributed by atoms with van der Waals surface area (Å²) in [5.74, 6) is 1.48. The van der Waals surface area contributed by atoms with E-state index < -0.39 is 0 Å². The smallest absolute Gasteiger partial charge is 0.319 e. The summed E-state index contributed by atoms with van der Waals surface area (Å²) in [4.78, 5) is 17.1. The molecule has 0 spiro atoms. The Balaban J connectivity index is 1.45. The Bertz CT molecular complexity index is 807. The number of nitrogens with zero attached hydrogens (tertiary/aromatic N) is 3. The molecule has 2 N–H and O–H groups in total. The largest absolute Gasteiger partial charge is 0.481 e. The van der Waals surface area contributed by atoms with Crippen LogP contribution in [-0.2, 0) is 7.05 Å². The Kier molecular flexibility index (Phi) is 5.50. The summed E-state index contributed by atoms with van der Waals surface area (Å²) < 4.78 is 6.94. The number of anilines is 1. The van der Waals surface area contributed by atoms with Crippen molar-refractivity contribution < 1.29 is 9.53 Å². The van der Waals surface area contributed by atoms with Gasteiger partial charge < -0.3 is 15.4 Å². The molecule has 2 heterocycles. The molecule has 0 radical (unpaired) electrons. The molecule has 0 aliphatic heterocycles. The average molecular weight is 383 g/mol. The molecule has 0 aromatic carbocycles. The van der Waals surface area contributed by atoms with Crippen LogP contribution < -0.4 is 15.4 Å². The molecule has 1 atom stereocenters. The zero-order valence-electron chi connectivity index (χ0n) is 16.6. The summed E-state index contributed by atoms with van der Waals surface area (Å²) in [5.41, 5.74) is 2.86. The predicted molar refractivity (Wildman–Crippen MR) is 107 cm³/mol. The van der Waals surface area contributed by atoms with E-state index in [0.717, 1.165) is 42.6 Å². The molecule has 2 aromatic heterocycles. The van der Waals surface area contributed by atoms with Crippen molar-refractivity contribution >= 4 is 11.7 Å². The molecule has 0 saturated heterocycles. The summed E-state index contributed by atoms with van der Waals surface area (Å²) in [6.45, 7) is 0. The lowest BCUT2D eigenvalue weighted by atomic mass is 9.86. The summed E-state index contributed by atoms with van der Waals surface area (Å²) in [6, 6.07) is 3.60. The van der Waals surface area contributed by atoms with Crippen LogP contribution in [0.4, 0.5) is 10.5 Å². The predicted octanol–water partition coefficient (Wildman–Crippen LogP) is 4.14. The molecule has 7 nitrogen and oxygen atoms in total. The van der Waals surface area contributed by atoms with Crippen LogP contribution in [-0.4, -0.2) is 27.9 Å². The minimum Gasteiger partial charge on any atom is -0.481 e. The van der Waals surface area contributed by atoms with Crippen LogP contribution in [0, 0.1) is 5.92 Å². The number of hydrogen-bond donors (Lipinski definition) is 2. The van der Waals surface area contributed by atoms with Gasteiger partial charge in [0, 0.05) is 31.4 Å². The number of amides is 2. The Morgan fingerprint density at radius 3 is 2.64 bits per heavy atom. The highest BCUT2D eigenvalue weighted by molar-refractivity contribution is 5.90. The van der Waals surface area contributed by atoms with Gasteiger partial charge in [-0.1, -0.05) is 25.3 Å². The number of carbonyl (C=O) groups is 1. The number of hydrogen-bond acceptors (Lipinski definition) is 4. The zero-order chi connectivity index (χ0) is 19.5. The van der Waals surface area contributed by atoms with Crippen LogP contribution in [0.1, 0.15) is 68.2 Å². The van der Waals surface area contributed by atoms with Crippen LogP contribution in [0.15, 0.2) is 24.5 Å². The standard InChI is InChI=1S/C21H29N5O2/c1-26-13-17(20(25-26)14-6-4-3-5-7-14)23-21(27)24-19(15-8-9-15)16-10-11-18(28-2)22-12-16/h10-15,19H,3-9H2,1-2H3,(H2,23,24,27). The number of ether oxygens (including phenoxy) is 1. The maximum Gasteiger partial charge on any atom is 0.319 e. The van der Waals surface area contributed by atoms with Gasteiger partial charge in [0.15, 0.2) is 0 Å². The maximum atomic E-state index is 12.8. The Morgan fingerprint density at radius 1 is 1.21 bits per heavy atom. The minimum absolute atomic E-state index is 0.0341. The highest BCUT2D eigenvalue weighted by atomic mass is 16.5. The van der Waals surface area contributed by atoms with Crippen LogP contribution in [0.5, 0.6) is 5.88 Å². The van der Waals surface area contributed by atoms with Gasteiger partial charge in [-0.05, 0) is 37.2 Å². The molecule has 2 fully saturated rings. The van der Waals surface area contributed by atoms with E-state index in [1.807, 2.05) is 25.4 Å². The van der Waals surface area contributed by atoms with Crippen molar-refractivity contribution in [3.05, 3.63) is 35.8 Å². The Labute approximate surface area is 165 Å². The first-order valence-corrected chi connectivity index (χ1v) is 10.2. The van der Waals surface area contributed by atoms with Crippen molar-refractivity contribution in [1.82, 2.24) is 20.1 Å². The molecule has 1 unspecified atom stereocenters. The molecule has 0 bridgehead atoms. The third-order valence-corrected chi connectivity index (χ3v) is 5.80. The van der Waals surface area contributed by atoms with Crippen molar-refractivity contribution in [3.8, 4) is 5.88 Å². The monoisotopic (exact) mass is 383 g/mol. The highest BCUT2D eigenvalue weighted by Gasteiger charge is 2.34. The number of methoxy groups -OCH3 is 1. The first-order valence-electron chi connectivity index (χ1n) is 10.2. The fourth-order valence-corrected chi connectivity index (χ4v) is 4.18. The van der Waals surface area contributed by atoms with Crippen molar-refractivity contribution in [2.75, 3.05) is 12.4 Å². The molecule has 2 aliphatic carbocycles. The lowest BCUT2D eigenvalue weighted by Gasteiger charge is -2.22. The van der Waals surface area contributed by atoms with Crippen LogP contribution >= 0.6 is 0 Å². The van der Waals surface area contributed by atoms with E-state index in [-0.39, 0.29) is 12.1 Å². The number of aromatic nitrogens is 3. The van der Waals surface area contributed by atoms with E-state index >= 15 is 0 Å². The Morgan fingerprint density at radius 2 is 2.00 bits per heavy atom. The molecule has 2 saturated carbocycles. The second kappa shape index (κ2) is 8.20. The highest BCUT2D eigenvalue weighted by Crippen LogP contribution is 2.41. The number of carbonyl (C=O) groups excluding carboxylic acids is 1. The molecular formula is C21H29N5O2. The quantitative estimate of drug-likeness (QED) is 0.785. The lowest BCUT2D eigenvalue weighted by Crippen LogP contribution is -2.34. The van der Waals surface area contributed by atoms with Gasteiger partial charge in [0.1, 0.15) is 0 Å². The number of pyridine rings is 1. The lowest BCUT2D eigenvalue weighted by molar-refractivity contribution is 0.247. The molecular weight excluding hydrogens is 354 g/mol. The second-order valence-electron chi connectivity index (χ2n) is 7.98. The minimum atomic E-state index is -0.183. The molecule has 2 aromatic rings. The van der Waals surface area contributed by atoms with Crippen molar-refractivity contribution in [2.24, 2.45) is 13.0 Å². The maximum absolute atomic E-state index is 12.8. The summed E-state index contributed by atoms with van der Waals surface area (Å²) in [7, 11) is 3.51. The number of urea groups is 1. The van der Waals surface area contributed by atoms with Crippen LogP contribution in [0.2, 0.25) is 0 Å². The average Bonchev–Trinajstić information content (AvgIpc) is 3.50. The molecule has 7 heteroatoms. The van der Waals surface area contributed by atoms with E-state index in [1.165, 1.54) is 19.3 Å². The van der Waals surface area contributed by atoms with Crippen LogP contribution in [0.3, 0.4) is 0 Å². The number of nitrogens with one attached hydrogen (secondary N) is 2. The first-order chi connectivity index (χ1) is 13.6. The topological polar surface area (TPSA) is 81.1 Å². The summed E-state index contributed by atoms with van der Waals surface area (Å²) >= 11 is 0. The van der Waals surface area contributed by atoms with Gasteiger partial charge >= 0.3 is 6.03 Å². The van der Waals surface area contributed by atoms with E-state index in [1.54, 1.807) is 18.0 Å². The molecule has 150 valence electrons. The van der Waals surface area contributed by atoms with Gasteiger partial charge in [-0.3, -0.25) is 4.68 Å². The molecule has 28 heavy (non-hydrogen) atoms. The van der Waals surface area contributed by atoms with Crippen molar-refractivity contribution in [2.45, 2.75) is 56.9 Å². The molecule has 4 rings (SSSR count). The zero-order valence-corrected chi connectivity index (χ0v) is 16.6. The number of rotatable bonds is 6. The van der Waals surface area contributed by atoms with E-state index in [9.17, 15) is 4.79 Å². The number of aryl methyl sites for hydroxylation is 1. The van der Waals surface area contributed by atoms with Crippen molar-refractivity contribution in [3.63, 3.8) is 0 Å². The summed E-state index contributed by atoms with van der Waals surface area (Å²) in [6.07, 6.45) is 12.0. The van der Waals surface area contributed by atoms with Gasteiger partial charge in [-0.2, -0.15) is 5.10 Å². The molecule has 2 aliphatic rings.